The van der Waals surface area contributed by atoms with Crippen LogP contribution in [0.5, 0.6) is 23.0 Å². The smallest absolute Gasteiger partial charge is 0.412 e. The van der Waals surface area contributed by atoms with Crippen LogP contribution in [0.2, 0.25) is 0 Å². The first-order valence-corrected chi connectivity index (χ1v) is 28.2. The summed E-state index contributed by atoms with van der Waals surface area (Å²) in [6, 6.07) is 31.3. The summed E-state index contributed by atoms with van der Waals surface area (Å²) in [6.45, 7) is 51.8. The van der Waals surface area contributed by atoms with E-state index in [0.29, 0.717) is 23.0 Å². The maximum absolute atomic E-state index is 16.2. The SMILES string of the molecule is CC(C)(C)c1ccc(OP(=O)(Oc2ccc(C(C)(C)C)cc2C(C)(C)C)c2ccc(P(=O)(Oc3ccc(C(C)(C)C)cc3C(C)(C)C)Oc3ccc(C(C)(C)C)cc3C(C)(C)C)cc2)c(C(C)(C)C)c1. The van der Waals surface area contributed by atoms with Crippen molar-refractivity contribution in [1.82, 2.24) is 0 Å². The zero-order valence-corrected chi connectivity index (χ0v) is 49.4. The first-order valence-electron chi connectivity index (χ1n) is 25.1. The summed E-state index contributed by atoms with van der Waals surface area (Å²) in [6.07, 6.45) is 0. The van der Waals surface area contributed by atoms with Crippen LogP contribution >= 0.6 is 15.2 Å². The van der Waals surface area contributed by atoms with E-state index in [-0.39, 0.29) is 53.9 Å². The summed E-state index contributed by atoms with van der Waals surface area (Å²) in [5.41, 5.74) is 6.18. The van der Waals surface area contributed by atoms with Gasteiger partial charge in [0, 0.05) is 22.3 Å². The van der Waals surface area contributed by atoms with Crippen LogP contribution in [0, 0.1) is 0 Å². The van der Waals surface area contributed by atoms with Gasteiger partial charge in [-0.05, 0) is 114 Å². The Hall–Kier alpha value is -4.24. The number of hydrogen-bond donors (Lipinski definition) is 0. The normalized spacial score (nSPS) is 13.8. The molecule has 0 heterocycles. The lowest BCUT2D eigenvalue weighted by molar-refractivity contribution is 0.384. The van der Waals surface area contributed by atoms with E-state index in [9.17, 15) is 0 Å². The minimum atomic E-state index is -4.30. The van der Waals surface area contributed by atoms with Gasteiger partial charge < -0.3 is 18.1 Å². The van der Waals surface area contributed by atoms with E-state index < -0.39 is 15.2 Å². The first kappa shape index (κ1) is 56.7. The van der Waals surface area contributed by atoms with Crippen molar-refractivity contribution >= 4 is 25.8 Å². The summed E-state index contributed by atoms with van der Waals surface area (Å²) in [7, 11) is -8.60. The molecule has 0 radical (unpaired) electrons. The van der Waals surface area contributed by atoms with Crippen LogP contribution < -0.4 is 28.7 Å². The standard InChI is InChI=1S/C62H88O6P2/c1-55(2,3)41-25-33-51(47(37-41)59(13,14)15)65-69(63,66-52-34-26-42(56(4,5)6)38-48(52)60(16,17)18)45-29-31-46(32-30-45)70(64,67-53-35-27-43(57(7,8)9)39-49(53)61(19,20)21)68-54-36-28-44(58(10,11)12)40-50(54)62(22,23)24/h25-40H,1-24H3. The molecule has 0 N–H and O–H groups in total. The van der Waals surface area contributed by atoms with Gasteiger partial charge in [-0.15, -0.1) is 0 Å². The fraction of sp³-hybridized carbons (Fsp3) is 0.516. The van der Waals surface area contributed by atoms with Crippen molar-refractivity contribution in [3.63, 3.8) is 0 Å². The Kier molecular flexibility index (Phi) is 15.4. The highest BCUT2D eigenvalue weighted by Crippen LogP contribution is 2.55. The largest absolute Gasteiger partial charge is 0.462 e. The van der Waals surface area contributed by atoms with E-state index in [0.717, 1.165) is 44.5 Å². The monoisotopic (exact) mass is 991 g/mol. The van der Waals surface area contributed by atoms with Crippen LogP contribution in [0.25, 0.3) is 0 Å². The average Bonchev–Trinajstić information content (AvgIpc) is 3.18. The molecule has 382 valence electrons. The second-order valence-electron chi connectivity index (χ2n) is 27.7. The second-order valence-corrected chi connectivity index (χ2v) is 31.5. The summed E-state index contributed by atoms with van der Waals surface area (Å²) in [5.74, 6) is 1.87. The van der Waals surface area contributed by atoms with Crippen molar-refractivity contribution in [2.24, 2.45) is 0 Å². The molecule has 8 heteroatoms. The molecule has 70 heavy (non-hydrogen) atoms. The third-order valence-corrected chi connectivity index (χ3v) is 16.6. The maximum atomic E-state index is 16.2. The van der Waals surface area contributed by atoms with Crippen LogP contribution in [0.4, 0.5) is 0 Å². The van der Waals surface area contributed by atoms with Crippen molar-refractivity contribution in [3.8, 4) is 23.0 Å². The van der Waals surface area contributed by atoms with Gasteiger partial charge in [-0.2, -0.15) is 0 Å². The summed E-state index contributed by atoms with van der Waals surface area (Å²) in [4.78, 5) is 0. The van der Waals surface area contributed by atoms with Gasteiger partial charge in [0.15, 0.2) is 0 Å². The van der Waals surface area contributed by atoms with Gasteiger partial charge in [-0.3, -0.25) is 0 Å². The lowest BCUT2D eigenvalue weighted by Gasteiger charge is -2.31. The average molecular weight is 991 g/mol. The molecule has 6 nitrogen and oxygen atoms in total. The minimum absolute atomic E-state index is 0.131. The van der Waals surface area contributed by atoms with E-state index in [2.05, 4.69) is 190 Å². The van der Waals surface area contributed by atoms with Crippen LogP contribution in [-0.2, 0) is 52.5 Å². The predicted octanol–water partition coefficient (Wildman–Crippen LogP) is 18.0. The molecule has 0 aliphatic rings. The molecule has 0 bridgehead atoms. The fourth-order valence-corrected chi connectivity index (χ4v) is 11.4. The Labute approximate surface area is 425 Å². The molecule has 0 aromatic heterocycles. The van der Waals surface area contributed by atoms with E-state index in [1.54, 1.807) is 24.3 Å². The van der Waals surface area contributed by atoms with Crippen LogP contribution in [0.3, 0.4) is 0 Å². The Morgan fingerprint density at radius 3 is 0.571 bits per heavy atom. The highest BCUT2D eigenvalue weighted by Gasteiger charge is 2.40. The molecule has 0 saturated carbocycles. The van der Waals surface area contributed by atoms with Crippen LogP contribution in [0.15, 0.2) is 97.1 Å². The molecule has 0 unspecified atom stereocenters. The molecule has 5 aromatic carbocycles. The summed E-state index contributed by atoms with van der Waals surface area (Å²) in [5, 5.41) is 0.578. The van der Waals surface area contributed by atoms with E-state index in [4.69, 9.17) is 18.1 Å². The van der Waals surface area contributed by atoms with Gasteiger partial charge in [0.2, 0.25) is 0 Å². The molecule has 0 fully saturated rings. The molecule has 0 amide bonds. The van der Waals surface area contributed by atoms with Gasteiger partial charge >= 0.3 is 15.2 Å². The molecule has 0 aliphatic carbocycles. The van der Waals surface area contributed by atoms with Crippen molar-refractivity contribution in [1.29, 1.82) is 0 Å². The van der Waals surface area contributed by atoms with Crippen molar-refractivity contribution in [3.05, 3.63) is 142 Å². The summed E-state index contributed by atoms with van der Waals surface area (Å²) >= 11 is 0. The minimum Gasteiger partial charge on any atom is -0.412 e. The van der Waals surface area contributed by atoms with Crippen molar-refractivity contribution < 1.29 is 27.2 Å². The maximum Gasteiger partial charge on any atom is 0.462 e. The van der Waals surface area contributed by atoms with Gasteiger partial charge in [0.25, 0.3) is 0 Å². The molecule has 5 rings (SSSR count). The second kappa shape index (κ2) is 19.0. The zero-order chi connectivity index (χ0) is 53.2. The number of benzene rings is 5. The third-order valence-electron chi connectivity index (χ3n) is 13.0. The Balaban J connectivity index is 1.79. The van der Waals surface area contributed by atoms with E-state index >= 15 is 9.13 Å². The molecule has 0 aliphatic heterocycles. The lowest BCUT2D eigenvalue weighted by atomic mass is 9.80. The molecule has 0 atom stereocenters. The summed E-state index contributed by atoms with van der Waals surface area (Å²) < 4.78 is 59.9. The molecule has 0 saturated heterocycles. The number of rotatable bonds is 10. The van der Waals surface area contributed by atoms with Crippen molar-refractivity contribution in [2.75, 3.05) is 0 Å². The number of hydrogen-bond acceptors (Lipinski definition) is 6. The molecule has 0 spiro atoms. The molecular formula is C62H88O6P2. The lowest BCUT2D eigenvalue weighted by Crippen LogP contribution is -2.24. The predicted molar refractivity (Wildman–Crippen MR) is 299 cm³/mol. The highest BCUT2D eigenvalue weighted by molar-refractivity contribution is 7.63. The van der Waals surface area contributed by atoms with E-state index in [1.807, 2.05) is 48.5 Å². The molecule has 5 aromatic rings. The zero-order valence-electron chi connectivity index (χ0n) is 47.6. The van der Waals surface area contributed by atoms with E-state index in [1.165, 1.54) is 0 Å². The van der Waals surface area contributed by atoms with Gasteiger partial charge in [-0.1, -0.05) is 215 Å². The quantitative estimate of drug-likeness (QED) is 0.130. The van der Waals surface area contributed by atoms with Gasteiger partial charge in [0.05, 0.1) is 10.6 Å². The van der Waals surface area contributed by atoms with Gasteiger partial charge in [-0.25, -0.2) is 9.13 Å². The van der Waals surface area contributed by atoms with Crippen LogP contribution in [0.1, 0.15) is 211 Å². The Morgan fingerprint density at radius 2 is 0.429 bits per heavy atom. The Bertz CT molecular complexity index is 2420. The molecular weight excluding hydrogens is 903 g/mol. The topological polar surface area (TPSA) is 71.1 Å². The van der Waals surface area contributed by atoms with Crippen molar-refractivity contribution in [2.45, 2.75) is 209 Å². The third kappa shape index (κ3) is 13.2. The first-order chi connectivity index (χ1) is 31.4. The highest BCUT2D eigenvalue weighted by atomic mass is 31.2. The van der Waals surface area contributed by atoms with Gasteiger partial charge in [0.1, 0.15) is 23.0 Å². The fourth-order valence-electron chi connectivity index (χ4n) is 8.23. The Morgan fingerprint density at radius 1 is 0.257 bits per heavy atom. The van der Waals surface area contributed by atoms with Crippen LogP contribution in [-0.4, -0.2) is 0 Å².